The third kappa shape index (κ3) is 6.29. The highest BCUT2D eigenvalue weighted by atomic mass is 19.3. The second-order valence-electron chi connectivity index (χ2n) is 5.27. The number of hydrogen-bond acceptors (Lipinski definition) is 4. The lowest BCUT2D eigenvalue weighted by Gasteiger charge is -2.12. The van der Waals surface area contributed by atoms with Gasteiger partial charge in [-0.15, -0.1) is 0 Å². The highest BCUT2D eigenvalue weighted by Crippen LogP contribution is 2.30. The summed E-state index contributed by atoms with van der Waals surface area (Å²) >= 11 is 0. The van der Waals surface area contributed by atoms with Gasteiger partial charge in [-0.1, -0.05) is 18.2 Å². The molecule has 2 aromatic carbocycles. The van der Waals surface area contributed by atoms with Crippen molar-refractivity contribution in [2.75, 3.05) is 18.5 Å². The first-order valence-corrected chi connectivity index (χ1v) is 8.46. The topological polar surface area (TPSA) is 56.8 Å². The van der Waals surface area contributed by atoms with E-state index in [1.54, 1.807) is 37.3 Å². The number of ether oxygens (including phenoxy) is 3. The third-order valence-electron chi connectivity index (χ3n) is 3.36. The van der Waals surface area contributed by atoms with Gasteiger partial charge in [-0.2, -0.15) is 8.78 Å². The third-order valence-corrected chi connectivity index (χ3v) is 3.36. The summed E-state index contributed by atoms with van der Waals surface area (Å²) < 4.78 is 40.1. The van der Waals surface area contributed by atoms with Crippen LogP contribution in [-0.4, -0.2) is 25.7 Å². The highest BCUT2D eigenvalue weighted by Gasteiger charge is 2.11. The van der Waals surface area contributed by atoms with Gasteiger partial charge < -0.3 is 19.5 Å². The Balaban J connectivity index is 2.10. The van der Waals surface area contributed by atoms with Gasteiger partial charge in [0.1, 0.15) is 5.75 Å². The minimum Gasteiger partial charge on any atom is -0.492 e. The van der Waals surface area contributed by atoms with Crippen molar-refractivity contribution in [2.45, 2.75) is 20.5 Å². The van der Waals surface area contributed by atoms with Gasteiger partial charge in [0.15, 0.2) is 11.5 Å². The standard InChI is InChI=1S/C20H21F2NO4/c1-3-25-16-8-6-5-7-15(16)23-19(24)12-10-14-9-11-17(27-20(21)22)18(13-14)26-4-2/h5-13,20H,3-4H2,1-2H3,(H,23,24)/b12-10+. The van der Waals surface area contributed by atoms with E-state index >= 15 is 0 Å². The lowest BCUT2D eigenvalue weighted by molar-refractivity contribution is -0.111. The summed E-state index contributed by atoms with van der Waals surface area (Å²) in [6.45, 7) is 1.42. The summed E-state index contributed by atoms with van der Waals surface area (Å²) in [6.07, 6.45) is 2.88. The second kappa shape index (κ2) is 10.2. The Morgan fingerprint density at radius 2 is 1.74 bits per heavy atom. The number of alkyl halides is 2. The van der Waals surface area contributed by atoms with E-state index in [9.17, 15) is 13.6 Å². The number of carbonyl (C=O) groups excluding carboxylic acids is 1. The molecule has 1 amide bonds. The van der Waals surface area contributed by atoms with Crippen molar-refractivity contribution in [3.63, 3.8) is 0 Å². The minimum absolute atomic E-state index is 0.0564. The summed E-state index contributed by atoms with van der Waals surface area (Å²) in [4.78, 5) is 12.2. The van der Waals surface area contributed by atoms with Gasteiger partial charge in [-0.3, -0.25) is 4.79 Å². The molecule has 0 atom stereocenters. The van der Waals surface area contributed by atoms with Crippen molar-refractivity contribution >= 4 is 17.7 Å². The SMILES string of the molecule is CCOc1ccccc1NC(=O)/C=C/c1ccc(OC(F)F)c(OCC)c1. The molecule has 0 heterocycles. The Bertz CT molecular complexity index is 793. The molecule has 7 heteroatoms. The van der Waals surface area contributed by atoms with Crippen LogP contribution in [0.4, 0.5) is 14.5 Å². The first-order chi connectivity index (χ1) is 13.0. The number of amides is 1. The van der Waals surface area contributed by atoms with Crippen LogP contribution in [0.5, 0.6) is 17.2 Å². The van der Waals surface area contributed by atoms with Crippen LogP contribution < -0.4 is 19.5 Å². The Morgan fingerprint density at radius 1 is 1.04 bits per heavy atom. The summed E-state index contributed by atoms with van der Waals surface area (Å²) in [6, 6.07) is 11.6. The average Bonchev–Trinajstić information content (AvgIpc) is 2.63. The Labute approximate surface area is 156 Å². The molecule has 0 spiro atoms. The Morgan fingerprint density at radius 3 is 2.44 bits per heavy atom. The molecule has 2 aromatic rings. The maximum Gasteiger partial charge on any atom is 0.387 e. The number of halogens is 2. The molecule has 0 unspecified atom stereocenters. The average molecular weight is 377 g/mol. The fourth-order valence-corrected chi connectivity index (χ4v) is 2.29. The normalized spacial score (nSPS) is 10.9. The summed E-state index contributed by atoms with van der Waals surface area (Å²) in [5, 5.41) is 2.74. The van der Waals surface area contributed by atoms with Gasteiger partial charge in [-0.05, 0) is 49.8 Å². The number of anilines is 1. The number of hydrogen-bond donors (Lipinski definition) is 1. The van der Waals surface area contributed by atoms with Gasteiger partial charge in [0, 0.05) is 6.08 Å². The van der Waals surface area contributed by atoms with Gasteiger partial charge in [-0.25, -0.2) is 0 Å². The molecule has 0 fully saturated rings. The molecular formula is C20H21F2NO4. The Hall–Kier alpha value is -3.09. The van der Waals surface area contributed by atoms with Gasteiger partial charge in [0.2, 0.25) is 5.91 Å². The van der Waals surface area contributed by atoms with Crippen molar-refractivity contribution in [1.29, 1.82) is 0 Å². The molecule has 0 saturated heterocycles. The van der Waals surface area contributed by atoms with Gasteiger partial charge in [0.05, 0.1) is 18.9 Å². The van der Waals surface area contributed by atoms with Crippen LogP contribution in [0.3, 0.4) is 0 Å². The van der Waals surface area contributed by atoms with Crippen molar-refractivity contribution < 1.29 is 27.8 Å². The lowest BCUT2D eigenvalue weighted by Crippen LogP contribution is -2.09. The molecule has 144 valence electrons. The highest BCUT2D eigenvalue weighted by molar-refractivity contribution is 6.02. The van der Waals surface area contributed by atoms with Crippen molar-refractivity contribution in [3.8, 4) is 17.2 Å². The quantitative estimate of drug-likeness (QED) is 0.642. The number of rotatable bonds is 9. The first kappa shape index (κ1) is 20.2. The zero-order valence-electron chi connectivity index (χ0n) is 15.1. The molecule has 0 saturated carbocycles. The van der Waals surface area contributed by atoms with E-state index in [4.69, 9.17) is 9.47 Å². The van der Waals surface area contributed by atoms with Crippen molar-refractivity contribution in [3.05, 3.63) is 54.1 Å². The van der Waals surface area contributed by atoms with Crippen LogP contribution in [0.15, 0.2) is 48.5 Å². The molecule has 27 heavy (non-hydrogen) atoms. The predicted octanol–water partition coefficient (Wildman–Crippen LogP) is 4.74. The Kier molecular flexibility index (Phi) is 7.61. The minimum atomic E-state index is -2.94. The van der Waals surface area contributed by atoms with Crippen molar-refractivity contribution in [1.82, 2.24) is 0 Å². The summed E-state index contributed by atoms with van der Waals surface area (Å²) in [7, 11) is 0. The first-order valence-electron chi connectivity index (χ1n) is 8.46. The van der Waals surface area contributed by atoms with Crippen LogP contribution in [0.2, 0.25) is 0 Å². The van der Waals surface area contributed by atoms with Crippen LogP contribution >= 0.6 is 0 Å². The van der Waals surface area contributed by atoms with Crippen LogP contribution in [0, 0.1) is 0 Å². The van der Waals surface area contributed by atoms with E-state index in [2.05, 4.69) is 10.1 Å². The van der Waals surface area contributed by atoms with E-state index < -0.39 is 6.61 Å². The van der Waals surface area contributed by atoms with E-state index in [0.29, 0.717) is 30.2 Å². The molecular weight excluding hydrogens is 356 g/mol. The van der Waals surface area contributed by atoms with E-state index in [0.717, 1.165) is 0 Å². The van der Waals surface area contributed by atoms with Crippen LogP contribution in [-0.2, 0) is 4.79 Å². The second-order valence-corrected chi connectivity index (χ2v) is 5.27. The van der Waals surface area contributed by atoms with Crippen molar-refractivity contribution in [2.24, 2.45) is 0 Å². The number of carbonyl (C=O) groups is 1. The zero-order chi connectivity index (χ0) is 19.6. The van der Waals surface area contributed by atoms with Crippen LogP contribution in [0.25, 0.3) is 6.08 Å². The predicted molar refractivity (Wildman–Crippen MR) is 99.5 cm³/mol. The molecule has 0 radical (unpaired) electrons. The smallest absolute Gasteiger partial charge is 0.387 e. The fraction of sp³-hybridized carbons (Fsp3) is 0.250. The molecule has 5 nitrogen and oxygen atoms in total. The fourth-order valence-electron chi connectivity index (χ4n) is 2.29. The number of nitrogens with one attached hydrogen (secondary N) is 1. The maximum atomic E-state index is 12.4. The number of para-hydroxylation sites is 2. The van der Waals surface area contributed by atoms with Crippen LogP contribution in [0.1, 0.15) is 19.4 Å². The zero-order valence-corrected chi connectivity index (χ0v) is 15.1. The molecule has 0 aromatic heterocycles. The number of benzene rings is 2. The maximum absolute atomic E-state index is 12.4. The largest absolute Gasteiger partial charge is 0.492 e. The summed E-state index contributed by atoms with van der Waals surface area (Å²) in [5.41, 5.74) is 1.16. The monoisotopic (exact) mass is 377 g/mol. The lowest BCUT2D eigenvalue weighted by atomic mass is 10.2. The van der Waals surface area contributed by atoms with E-state index in [1.807, 2.05) is 13.0 Å². The molecule has 2 rings (SSSR count). The summed E-state index contributed by atoms with van der Waals surface area (Å²) in [5.74, 6) is 0.350. The van der Waals surface area contributed by atoms with Gasteiger partial charge in [0.25, 0.3) is 0 Å². The molecule has 1 N–H and O–H groups in total. The molecule has 0 aliphatic heterocycles. The molecule has 0 aliphatic carbocycles. The molecule has 0 aliphatic rings. The van der Waals surface area contributed by atoms with Gasteiger partial charge >= 0.3 is 6.61 Å². The van der Waals surface area contributed by atoms with E-state index in [-0.39, 0.29) is 17.4 Å². The van der Waals surface area contributed by atoms with E-state index in [1.165, 1.54) is 18.2 Å². The molecule has 0 bridgehead atoms.